The highest BCUT2D eigenvalue weighted by molar-refractivity contribution is 7.85. The highest BCUT2D eigenvalue weighted by atomic mass is 32.2. The van der Waals surface area contributed by atoms with E-state index in [0.29, 0.717) is 6.04 Å². The predicted molar refractivity (Wildman–Crippen MR) is 88.3 cm³/mol. The lowest BCUT2D eigenvalue weighted by Crippen LogP contribution is -2.41. The number of hydrogen-bond donors (Lipinski definition) is 0. The summed E-state index contributed by atoms with van der Waals surface area (Å²) in [4.78, 5) is 3.35. The minimum absolute atomic E-state index is 0.134. The molecule has 2 rings (SSSR count). The molecule has 0 aliphatic carbocycles. The van der Waals surface area contributed by atoms with Crippen LogP contribution in [0.5, 0.6) is 5.75 Å². The second-order valence-electron chi connectivity index (χ2n) is 6.27. The fourth-order valence-electron chi connectivity index (χ4n) is 2.65. The van der Waals surface area contributed by atoms with Gasteiger partial charge in [-0.15, -0.1) is 0 Å². The van der Waals surface area contributed by atoms with E-state index >= 15 is 0 Å². The molecule has 21 heavy (non-hydrogen) atoms. The van der Waals surface area contributed by atoms with Crippen molar-refractivity contribution < 1.29 is 8.95 Å². The fraction of sp³-hybridized carbons (Fsp3) is 0.647. The lowest BCUT2D eigenvalue weighted by atomic mass is 10.1. The van der Waals surface area contributed by atoms with Crippen molar-refractivity contribution in [1.82, 2.24) is 4.90 Å². The Bertz CT molecular complexity index is 479. The Morgan fingerprint density at radius 2 is 1.86 bits per heavy atom. The molecule has 1 fully saturated rings. The van der Waals surface area contributed by atoms with Crippen LogP contribution in [0.2, 0.25) is 0 Å². The summed E-state index contributed by atoms with van der Waals surface area (Å²) in [5.41, 5.74) is 0. The lowest BCUT2D eigenvalue weighted by molar-refractivity contribution is 0.0841. The lowest BCUT2D eigenvalue weighted by Gasteiger charge is -2.34. The first-order valence-corrected chi connectivity index (χ1v) is 9.10. The van der Waals surface area contributed by atoms with E-state index < -0.39 is 10.8 Å². The molecule has 0 N–H and O–H groups in total. The molecule has 3 nitrogen and oxygen atoms in total. The Morgan fingerprint density at radius 1 is 1.19 bits per heavy atom. The summed E-state index contributed by atoms with van der Waals surface area (Å²) < 4.78 is 18.2. The third-order valence-corrected chi connectivity index (χ3v) is 5.55. The molecule has 1 aliphatic rings. The zero-order chi connectivity index (χ0) is 15.4. The first-order valence-electron chi connectivity index (χ1n) is 7.88. The Balaban J connectivity index is 1.95. The second-order valence-corrected chi connectivity index (χ2v) is 8.28. The number of ether oxygens (including phenoxy) is 1. The molecule has 0 aromatic heterocycles. The fourth-order valence-corrected chi connectivity index (χ4v) is 3.64. The average molecular weight is 309 g/mol. The molecule has 0 bridgehead atoms. The summed E-state index contributed by atoms with van der Waals surface area (Å²) in [6.45, 7) is 10.6. The first-order chi connectivity index (χ1) is 9.97. The van der Waals surface area contributed by atoms with E-state index in [1.54, 1.807) is 0 Å². The molecule has 1 heterocycles. The van der Waals surface area contributed by atoms with Crippen LogP contribution in [0, 0.1) is 0 Å². The van der Waals surface area contributed by atoms with Crippen LogP contribution < -0.4 is 4.74 Å². The molecule has 0 amide bonds. The van der Waals surface area contributed by atoms with Crippen LogP contribution in [0.25, 0.3) is 0 Å². The van der Waals surface area contributed by atoms with E-state index in [2.05, 4.69) is 18.7 Å². The van der Waals surface area contributed by atoms with Crippen LogP contribution >= 0.6 is 0 Å². The van der Waals surface area contributed by atoms with Gasteiger partial charge >= 0.3 is 0 Å². The van der Waals surface area contributed by atoms with E-state index in [1.807, 2.05) is 38.1 Å². The van der Waals surface area contributed by atoms with Gasteiger partial charge in [-0.1, -0.05) is 19.9 Å². The predicted octanol–water partition coefficient (Wildman–Crippen LogP) is 3.45. The number of piperidine rings is 1. The third kappa shape index (κ3) is 4.55. The summed E-state index contributed by atoms with van der Waals surface area (Å²) in [6, 6.07) is 8.38. The molecular formula is C17H27NO2S. The van der Waals surface area contributed by atoms with Crippen LogP contribution in [-0.4, -0.2) is 39.6 Å². The van der Waals surface area contributed by atoms with E-state index in [1.165, 1.54) is 0 Å². The van der Waals surface area contributed by atoms with Gasteiger partial charge in [0.15, 0.2) is 0 Å². The van der Waals surface area contributed by atoms with Gasteiger partial charge in [0.2, 0.25) is 0 Å². The van der Waals surface area contributed by atoms with Crippen LogP contribution in [0.4, 0.5) is 0 Å². The Labute approximate surface area is 131 Å². The van der Waals surface area contributed by atoms with Crippen molar-refractivity contribution in [3.63, 3.8) is 0 Å². The Kier molecular flexibility index (Phi) is 5.82. The maximum absolute atomic E-state index is 12.2. The van der Waals surface area contributed by atoms with Crippen LogP contribution in [-0.2, 0) is 10.8 Å². The van der Waals surface area contributed by atoms with Gasteiger partial charge in [0, 0.05) is 29.3 Å². The van der Waals surface area contributed by atoms with Gasteiger partial charge in [-0.2, -0.15) is 0 Å². The topological polar surface area (TPSA) is 29.5 Å². The molecule has 1 aliphatic heterocycles. The summed E-state index contributed by atoms with van der Waals surface area (Å²) in [5, 5.41) is 0.134. The molecule has 1 aromatic rings. The minimum Gasteiger partial charge on any atom is -0.490 e. The number of likely N-dealkylation sites (tertiary alicyclic amines) is 1. The third-order valence-electron chi connectivity index (χ3n) is 3.98. The molecule has 1 saturated heterocycles. The first kappa shape index (κ1) is 16.5. The van der Waals surface area contributed by atoms with E-state index in [4.69, 9.17) is 4.74 Å². The quantitative estimate of drug-likeness (QED) is 0.834. The smallest absolute Gasteiger partial charge is 0.120 e. The number of benzene rings is 1. The summed E-state index contributed by atoms with van der Waals surface area (Å²) in [7, 11) is -0.952. The van der Waals surface area contributed by atoms with Crippen molar-refractivity contribution in [2.75, 3.05) is 13.1 Å². The molecule has 0 radical (unpaired) electrons. The Hall–Kier alpha value is -0.870. The molecule has 4 heteroatoms. The molecule has 1 aromatic carbocycles. The maximum Gasteiger partial charge on any atom is 0.120 e. The largest absolute Gasteiger partial charge is 0.490 e. The SMILES string of the molecule is CC(C)N1CCC(Oc2cccc(S(=O)C(C)C)c2)CC1. The number of hydrogen-bond acceptors (Lipinski definition) is 3. The van der Waals surface area contributed by atoms with Gasteiger partial charge in [0.1, 0.15) is 11.9 Å². The Morgan fingerprint density at radius 3 is 2.43 bits per heavy atom. The van der Waals surface area contributed by atoms with E-state index in [9.17, 15) is 4.21 Å². The molecule has 0 saturated carbocycles. The highest BCUT2D eigenvalue weighted by Gasteiger charge is 2.22. The average Bonchev–Trinajstić information content (AvgIpc) is 2.47. The summed E-state index contributed by atoms with van der Waals surface area (Å²) >= 11 is 0. The van der Waals surface area contributed by atoms with Crippen molar-refractivity contribution in [2.45, 2.75) is 62.8 Å². The normalized spacial score (nSPS) is 19.1. The zero-order valence-corrected chi connectivity index (χ0v) is 14.4. The molecule has 0 spiro atoms. The molecule has 1 unspecified atom stereocenters. The standard InChI is InChI=1S/C17H27NO2S/c1-13(2)18-10-8-15(9-11-18)20-16-6-5-7-17(12-16)21(19)14(3)4/h5-7,12-15H,8-11H2,1-4H3. The minimum atomic E-state index is -0.952. The van der Waals surface area contributed by atoms with Crippen LogP contribution in [0.15, 0.2) is 29.2 Å². The summed E-state index contributed by atoms with van der Waals surface area (Å²) in [5.74, 6) is 0.851. The molecular weight excluding hydrogens is 282 g/mol. The van der Waals surface area contributed by atoms with Gasteiger partial charge in [-0.05, 0) is 44.9 Å². The van der Waals surface area contributed by atoms with Crippen molar-refractivity contribution >= 4 is 10.8 Å². The van der Waals surface area contributed by atoms with Gasteiger partial charge in [0.05, 0.1) is 10.8 Å². The molecule has 1 atom stereocenters. The van der Waals surface area contributed by atoms with Crippen molar-refractivity contribution in [1.29, 1.82) is 0 Å². The highest BCUT2D eigenvalue weighted by Crippen LogP contribution is 2.23. The van der Waals surface area contributed by atoms with Gasteiger partial charge in [0.25, 0.3) is 0 Å². The van der Waals surface area contributed by atoms with E-state index in [0.717, 1.165) is 36.6 Å². The van der Waals surface area contributed by atoms with Gasteiger partial charge in [-0.3, -0.25) is 4.21 Å². The molecule has 118 valence electrons. The van der Waals surface area contributed by atoms with Crippen LogP contribution in [0.1, 0.15) is 40.5 Å². The van der Waals surface area contributed by atoms with Crippen molar-refractivity contribution in [2.24, 2.45) is 0 Å². The van der Waals surface area contributed by atoms with Crippen molar-refractivity contribution in [3.05, 3.63) is 24.3 Å². The maximum atomic E-state index is 12.2. The van der Waals surface area contributed by atoms with Crippen molar-refractivity contribution in [3.8, 4) is 5.75 Å². The second kappa shape index (κ2) is 7.41. The monoisotopic (exact) mass is 309 g/mol. The van der Waals surface area contributed by atoms with Gasteiger partial charge in [-0.25, -0.2) is 0 Å². The van der Waals surface area contributed by atoms with Gasteiger partial charge < -0.3 is 9.64 Å². The zero-order valence-electron chi connectivity index (χ0n) is 13.5. The van der Waals surface area contributed by atoms with E-state index in [-0.39, 0.29) is 11.4 Å². The van der Waals surface area contributed by atoms with Crippen LogP contribution in [0.3, 0.4) is 0 Å². The number of nitrogens with zero attached hydrogens (tertiary/aromatic N) is 1. The number of rotatable bonds is 5. The summed E-state index contributed by atoms with van der Waals surface area (Å²) in [6.07, 6.45) is 2.41.